The van der Waals surface area contributed by atoms with Crippen molar-refractivity contribution in [2.24, 2.45) is 5.92 Å². The average molecular weight is 477 g/mol. The van der Waals surface area contributed by atoms with E-state index in [2.05, 4.69) is 4.90 Å². The first-order chi connectivity index (χ1) is 15.8. The third kappa shape index (κ3) is 4.96. The van der Waals surface area contributed by atoms with Gasteiger partial charge in [-0.3, -0.25) is 4.79 Å². The molecule has 0 aromatic heterocycles. The molecule has 9 heteroatoms. The summed E-state index contributed by atoms with van der Waals surface area (Å²) in [6.45, 7) is 2.54. The molecule has 2 aliphatic rings. The Kier molecular flexibility index (Phi) is 7.13. The molecule has 7 nitrogen and oxygen atoms in total. The van der Waals surface area contributed by atoms with Crippen LogP contribution in [0.5, 0.6) is 5.75 Å². The van der Waals surface area contributed by atoms with Crippen molar-refractivity contribution in [3.8, 4) is 5.75 Å². The molecule has 1 fully saturated rings. The standard InChI is InChI=1S/C24H29FN2O5S/c1-32-21-4-2-5-22-23(21)20(28)16-27(33(22,30)31)13-3-12-26-14-10-18(11-15-26)24(29)17-6-8-19(25)9-7-17/h2,4-9,18,20,28H,3,10-16H2,1H3. The Hall–Kier alpha value is -2.33. The normalized spacial score (nSPS) is 21.5. The first kappa shape index (κ1) is 23.8. The minimum Gasteiger partial charge on any atom is -0.496 e. The number of aliphatic hydroxyl groups excluding tert-OH is 1. The molecule has 2 aromatic carbocycles. The monoisotopic (exact) mass is 476 g/mol. The molecule has 1 saturated heterocycles. The van der Waals surface area contributed by atoms with E-state index in [0.717, 1.165) is 25.9 Å². The van der Waals surface area contributed by atoms with Gasteiger partial charge >= 0.3 is 0 Å². The van der Waals surface area contributed by atoms with E-state index >= 15 is 0 Å². The Morgan fingerprint density at radius 1 is 1.12 bits per heavy atom. The Balaban J connectivity index is 1.30. The molecule has 0 radical (unpaired) electrons. The number of likely N-dealkylation sites (tertiary alicyclic amines) is 1. The molecule has 4 rings (SSSR count). The van der Waals surface area contributed by atoms with Crippen LogP contribution in [0.4, 0.5) is 4.39 Å². The SMILES string of the molecule is COc1cccc2c1C(O)CN(CCCN1CCC(C(=O)c3ccc(F)cc3)CC1)S2(=O)=O. The van der Waals surface area contributed by atoms with Crippen LogP contribution in [0, 0.1) is 11.7 Å². The molecule has 2 aliphatic heterocycles. The number of carbonyl (C=O) groups excluding carboxylic acids is 1. The molecular weight excluding hydrogens is 447 g/mol. The second-order valence-electron chi connectivity index (χ2n) is 8.59. The number of hydrogen-bond donors (Lipinski definition) is 1. The molecule has 0 spiro atoms. The number of aliphatic hydroxyl groups is 1. The van der Waals surface area contributed by atoms with E-state index in [1.807, 2.05) is 0 Å². The number of methoxy groups -OCH3 is 1. The highest BCUT2D eigenvalue weighted by atomic mass is 32.2. The predicted molar refractivity (Wildman–Crippen MR) is 121 cm³/mol. The quantitative estimate of drug-likeness (QED) is 0.619. The van der Waals surface area contributed by atoms with Crippen LogP contribution in [-0.4, -0.2) is 68.3 Å². The largest absolute Gasteiger partial charge is 0.496 e. The van der Waals surface area contributed by atoms with Gasteiger partial charge in [0.05, 0.1) is 18.1 Å². The number of β-amino-alcohol motifs (C(OH)–C–C–N with tert-alkyl or cyclic N) is 1. The third-order valence-electron chi connectivity index (χ3n) is 6.54. The summed E-state index contributed by atoms with van der Waals surface area (Å²) in [5.74, 6) is 0.00136. The van der Waals surface area contributed by atoms with Gasteiger partial charge < -0.3 is 14.7 Å². The molecule has 1 atom stereocenters. The topological polar surface area (TPSA) is 87.2 Å². The maximum absolute atomic E-state index is 13.1. The number of benzene rings is 2. The van der Waals surface area contributed by atoms with E-state index in [1.165, 1.54) is 41.7 Å². The molecule has 1 N–H and O–H groups in total. The first-order valence-electron chi connectivity index (χ1n) is 11.2. The highest BCUT2D eigenvalue weighted by molar-refractivity contribution is 7.89. The number of carbonyl (C=O) groups is 1. The molecule has 0 amide bonds. The van der Waals surface area contributed by atoms with E-state index in [-0.39, 0.29) is 29.0 Å². The maximum Gasteiger partial charge on any atom is 0.243 e. The summed E-state index contributed by atoms with van der Waals surface area (Å²) in [7, 11) is -2.25. The molecule has 1 unspecified atom stereocenters. The number of sulfonamides is 1. The van der Waals surface area contributed by atoms with E-state index in [9.17, 15) is 22.7 Å². The number of fused-ring (bicyclic) bond motifs is 1. The molecule has 0 saturated carbocycles. The lowest BCUT2D eigenvalue weighted by Crippen LogP contribution is -2.42. The summed E-state index contributed by atoms with van der Waals surface area (Å²) < 4.78 is 45.8. The lowest BCUT2D eigenvalue weighted by Gasteiger charge is -2.34. The van der Waals surface area contributed by atoms with Crippen LogP contribution in [0.25, 0.3) is 0 Å². The predicted octanol–water partition coefficient (Wildman–Crippen LogP) is 2.86. The van der Waals surface area contributed by atoms with Gasteiger partial charge in [-0.05, 0) is 75.3 Å². The Labute approximate surface area is 193 Å². The molecule has 0 aliphatic carbocycles. The van der Waals surface area contributed by atoms with E-state index < -0.39 is 16.1 Å². The number of hydrogen-bond acceptors (Lipinski definition) is 6. The summed E-state index contributed by atoms with van der Waals surface area (Å²) in [5, 5.41) is 10.6. The maximum atomic E-state index is 13.1. The van der Waals surface area contributed by atoms with Crippen LogP contribution in [0.2, 0.25) is 0 Å². The zero-order chi connectivity index (χ0) is 23.6. The fraction of sp³-hybridized carbons (Fsp3) is 0.458. The molecule has 2 aromatic rings. The smallest absolute Gasteiger partial charge is 0.243 e. The van der Waals surface area contributed by atoms with Crippen LogP contribution < -0.4 is 4.74 Å². The minimum absolute atomic E-state index is 0.00392. The van der Waals surface area contributed by atoms with Gasteiger partial charge in [0.1, 0.15) is 11.6 Å². The summed E-state index contributed by atoms with van der Waals surface area (Å²) in [5.41, 5.74) is 0.866. The van der Waals surface area contributed by atoms with Gasteiger partial charge in [-0.1, -0.05) is 6.07 Å². The van der Waals surface area contributed by atoms with E-state index in [4.69, 9.17) is 4.74 Å². The van der Waals surface area contributed by atoms with Crippen molar-refractivity contribution in [2.75, 3.05) is 39.8 Å². The second-order valence-corrected chi connectivity index (χ2v) is 10.5. The summed E-state index contributed by atoms with van der Waals surface area (Å²) in [6.07, 6.45) is 1.14. The second kappa shape index (κ2) is 9.89. The number of halogens is 1. The lowest BCUT2D eigenvalue weighted by atomic mass is 9.89. The number of rotatable bonds is 7. The van der Waals surface area contributed by atoms with Crippen molar-refractivity contribution in [1.29, 1.82) is 0 Å². The van der Waals surface area contributed by atoms with Gasteiger partial charge in [0.15, 0.2) is 5.78 Å². The van der Waals surface area contributed by atoms with Crippen molar-refractivity contribution in [2.45, 2.75) is 30.3 Å². The highest BCUT2D eigenvalue weighted by Gasteiger charge is 2.37. The van der Waals surface area contributed by atoms with Gasteiger partial charge in [0.2, 0.25) is 10.0 Å². The van der Waals surface area contributed by atoms with Crippen LogP contribution in [0.15, 0.2) is 47.4 Å². The molecular formula is C24H29FN2O5S. The zero-order valence-electron chi connectivity index (χ0n) is 18.6. The number of nitrogens with zero attached hydrogens (tertiary/aromatic N) is 2. The van der Waals surface area contributed by atoms with Gasteiger partial charge in [-0.15, -0.1) is 0 Å². The molecule has 33 heavy (non-hydrogen) atoms. The summed E-state index contributed by atoms with van der Waals surface area (Å²) in [4.78, 5) is 15.0. The van der Waals surface area contributed by atoms with Crippen molar-refractivity contribution < 1.29 is 27.4 Å². The lowest BCUT2D eigenvalue weighted by molar-refractivity contribution is 0.0836. The van der Waals surface area contributed by atoms with Crippen molar-refractivity contribution in [3.05, 3.63) is 59.4 Å². The molecule has 178 valence electrons. The number of ketones is 1. The number of ether oxygens (including phenoxy) is 1. The van der Waals surface area contributed by atoms with Gasteiger partial charge in [0.25, 0.3) is 0 Å². The van der Waals surface area contributed by atoms with Crippen LogP contribution >= 0.6 is 0 Å². The zero-order valence-corrected chi connectivity index (χ0v) is 19.4. The fourth-order valence-electron chi connectivity index (χ4n) is 4.73. The van der Waals surface area contributed by atoms with Crippen molar-refractivity contribution in [1.82, 2.24) is 9.21 Å². The molecule has 2 heterocycles. The Bertz CT molecular complexity index is 1100. The van der Waals surface area contributed by atoms with E-state index in [0.29, 0.717) is 36.4 Å². The van der Waals surface area contributed by atoms with Crippen LogP contribution in [-0.2, 0) is 10.0 Å². The van der Waals surface area contributed by atoms with Gasteiger partial charge in [-0.25, -0.2) is 12.8 Å². The minimum atomic E-state index is -3.70. The van der Waals surface area contributed by atoms with Crippen LogP contribution in [0.3, 0.4) is 0 Å². The number of Topliss-reactive ketones (excluding diaryl/α,β-unsaturated/α-hetero) is 1. The van der Waals surface area contributed by atoms with Gasteiger partial charge in [-0.2, -0.15) is 4.31 Å². The molecule has 0 bridgehead atoms. The van der Waals surface area contributed by atoms with Gasteiger partial charge in [0, 0.05) is 30.1 Å². The van der Waals surface area contributed by atoms with Crippen LogP contribution in [0.1, 0.15) is 41.3 Å². The Morgan fingerprint density at radius 2 is 1.82 bits per heavy atom. The fourth-order valence-corrected chi connectivity index (χ4v) is 6.48. The van der Waals surface area contributed by atoms with E-state index in [1.54, 1.807) is 12.1 Å². The highest BCUT2D eigenvalue weighted by Crippen LogP contribution is 2.38. The Morgan fingerprint density at radius 3 is 2.48 bits per heavy atom. The summed E-state index contributed by atoms with van der Waals surface area (Å²) >= 11 is 0. The third-order valence-corrected chi connectivity index (χ3v) is 8.47. The number of piperidine rings is 1. The van der Waals surface area contributed by atoms with Crippen molar-refractivity contribution >= 4 is 15.8 Å². The van der Waals surface area contributed by atoms with Crippen molar-refractivity contribution in [3.63, 3.8) is 0 Å². The average Bonchev–Trinajstić information content (AvgIpc) is 2.82. The summed E-state index contributed by atoms with van der Waals surface area (Å²) in [6, 6.07) is 10.5. The first-order valence-corrected chi connectivity index (χ1v) is 12.6.